The molecule has 0 aliphatic carbocycles. The molecule has 4 rings (SSSR count). The van der Waals surface area contributed by atoms with Gasteiger partial charge in [-0.25, -0.2) is 4.98 Å². The Hall–Kier alpha value is -2.63. The number of aliphatic hydroxyl groups is 2. The van der Waals surface area contributed by atoms with Crippen molar-refractivity contribution in [2.75, 3.05) is 16.8 Å². The number of hydrogen-bond acceptors (Lipinski definition) is 5. The molecule has 0 fully saturated rings. The molecule has 3 aromatic rings. The Morgan fingerprint density at radius 1 is 1.04 bits per heavy atom. The molecule has 1 aromatic heterocycles. The fourth-order valence-corrected chi connectivity index (χ4v) is 3.41. The number of rotatable bonds is 4. The first-order valence-corrected chi connectivity index (χ1v) is 8.96. The van der Waals surface area contributed by atoms with Gasteiger partial charge in [0, 0.05) is 30.2 Å². The van der Waals surface area contributed by atoms with Crippen molar-refractivity contribution in [3.05, 3.63) is 65.7 Å². The normalized spacial score (nSPS) is 16.2. The highest BCUT2D eigenvalue weighted by molar-refractivity contribution is 5.93. The Morgan fingerprint density at radius 3 is 2.58 bits per heavy atom. The first kappa shape index (κ1) is 16.8. The van der Waals surface area contributed by atoms with Gasteiger partial charge in [0.05, 0.1) is 11.6 Å². The Morgan fingerprint density at radius 2 is 1.77 bits per heavy atom. The van der Waals surface area contributed by atoms with E-state index in [1.807, 2.05) is 30.3 Å². The van der Waals surface area contributed by atoms with Gasteiger partial charge in [-0.3, -0.25) is 0 Å². The number of nitrogens with zero attached hydrogens (tertiary/aromatic N) is 2. The number of hydrogen-bond donors (Lipinski definition) is 3. The van der Waals surface area contributed by atoms with Crippen LogP contribution in [0.25, 0.3) is 10.9 Å². The number of aliphatic hydroxyl groups excluding tert-OH is 2. The summed E-state index contributed by atoms with van der Waals surface area (Å²) in [4.78, 5) is 7.09. The topological polar surface area (TPSA) is 68.6 Å². The minimum absolute atomic E-state index is 0.776. The molecular formula is C21H23N3O2. The zero-order chi connectivity index (χ0) is 18.1. The second kappa shape index (κ2) is 6.94. The average molecular weight is 349 g/mol. The first-order valence-electron chi connectivity index (χ1n) is 8.96. The van der Waals surface area contributed by atoms with Gasteiger partial charge in [-0.15, -0.1) is 0 Å². The monoisotopic (exact) mass is 349 g/mol. The molecule has 2 unspecified atom stereocenters. The largest absolute Gasteiger partial charge is 0.389 e. The van der Waals surface area contributed by atoms with Gasteiger partial charge >= 0.3 is 0 Å². The van der Waals surface area contributed by atoms with Crippen molar-refractivity contribution in [2.45, 2.75) is 32.2 Å². The standard InChI is InChI=1S/C21H23N3O2/c1-14(25)21(26)23-19-12-20(22-18-9-5-4-8-17(18)19)24-11-10-15-6-2-3-7-16(15)13-24/h2-9,12,14,21,25-26H,10-11,13H2,1H3,(H,22,23). The van der Waals surface area contributed by atoms with Crippen molar-refractivity contribution in [3.8, 4) is 0 Å². The van der Waals surface area contributed by atoms with Gasteiger partial charge in [-0.2, -0.15) is 0 Å². The summed E-state index contributed by atoms with van der Waals surface area (Å²) in [5.41, 5.74) is 4.36. The van der Waals surface area contributed by atoms with Crippen molar-refractivity contribution in [1.29, 1.82) is 0 Å². The van der Waals surface area contributed by atoms with Crippen LogP contribution in [0, 0.1) is 0 Å². The minimum Gasteiger partial charge on any atom is -0.389 e. The average Bonchev–Trinajstić information content (AvgIpc) is 2.67. The molecule has 0 amide bonds. The number of anilines is 2. The van der Waals surface area contributed by atoms with Crippen LogP contribution in [0.2, 0.25) is 0 Å². The van der Waals surface area contributed by atoms with E-state index in [0.717, 1.165) is 41.9 Å². The van der Waals surface area contributed by atoms with Gasteiger partial charge in [0.25, 0.3) is 0 Å². The van der Waals surface area contributed by atoms with Crippen LogP contribution in [0.4, 0.5) is 11.5 Å². The van der Waals surface area contributed by atoms with Crippen molar-refractivity contribution < 1.29 is 10.2 Å². The lowest BCUT2D eigenvalue weighted by Crippen LogP contribution is -2.32. The summed E-state index contributed by atoms with van der Waals surface area (Å²) in [5, 5.41) is 23.7. The Balaban J connectivity index is 1.72. The van der Waals surface area contributed by atoms with Crippen molar-refractivity contribution in [2.24, 2.45) is 0 Å². The summed E-state index contributed by atoms with van der Waals surface area (Å²) in [7, 11) is 0. The Bertz CT molecular complexity index is 926. The van der Waals surface area contributed by atoms with E-state index in [9.17, 15) is 10.2 Å². The van der Waals surface area contributed by atoms with Gasteiger partial charge < -0.3 is 20.4 Å². The lowest BCUT2D eigenvalue weighted by molar-refractivity contribution is 0.0498. The van der Waals surface area contributed by atoms with Gasteiger partial charge in [0.15, 0.2) is 0 Å². The zero-order valence-corrected chi connectivity index (χ0v) is 14.8. The summed E-state index contributed by atoms with van der Waals surface area (Å²) in [6.07, 6.45) is -0.910. The van der Waals surface area contributed by atoms with Crippen LogP contribution >= 0.6 is 0 Å². The van der Waals surface area contributed by atoms with E-state index >= 15 is 0 Å². The fourth-order valence-electron chi connectivity index (χ4n) is 3.41. The molecule has 0 spiro atoms. The van der Waals surface area contributed by atoms with E-state index in [0.29, 0.717) is 0 Å². The molecule has 1 aliphatic heterocycles. The number of pyridine rings is 1. The molecule has 2 heterocycles. The van der Waals surface area contributed by atoms with Gasteiger partial charge in [-0.05, 0) is 30.5 Å². The molecule has 0 radical (unpaired) electrons. The number of para-hydroxylation sites is 1. The lowest BCUT2D eigenvalue weighted by Gasteiger charge is -2.30. The summed E-state index contributed by atoms with van der Waals surface area (Å²) >= 11 is 0. The first-order chi connectivity index (χ1) is 12.6. The second-order valence-electron chi connectivity index (χ2n) is 6.82. The molecule has 134 valence electrons. The van der Waals surface area contributed by atoms with Crippen LogP contribution in [-0.4, -0.2) is 34.1 Å². The van der Waals surface area contributed by atoms with Crippen molar-refractivity contribution in [1.82, 2.24) is 4.98 Å². The third-order valence-corrected chi connectivity index (χ3v) is 4.92. The van der Waals surface area contributed by atoms with E-state index in [1.54, 1.807) is 6.92 Å². The third kappa shape index (κ3) is 3.23. The van der Waals surface area contributed by atoms with Crippen molar-refractivity contribution >= 4 is 22.4 Å². The van der Waals surface area contributed by atoms with E-state index in [4.69, 9.17) is 4.98 Å². The summed E-state index contributed by atoms with van der Waals surface area (Å²) in [6.45, 7) is 3.28. The van der Waals surface area contributed by atoms with E-state index < -0.39 is 12.3 Å². The number of aromatic nitrogens is 1. The minimum atomic E-state index is -1.03. The Labute approximate surface area is 152 Å². The number of benzene rings is 2. The molecule has 0 bridgehead atoms. The van der Waals surface area contributed by atoms with Crippen LogP contribution in [-0.2, 0) is 13.0 Å². The van der Waals surface area contributed by atoms with Crippen LogP contribution < -0.4 is 10.2 Å². The van der Waals surface area contributed by atoms with E-state index in [-0.39, 0.29) is 0 Å². The molecule has 5 nitrogen and oxygen atoms in total. The molecule has 3 N–H and O–H groups in total. The molecule has 1 aliphatic rings. The van der Waals surface area contributed by atoms with E-state index in [2.05, 4.69) is 34.5 Å². The molecule has 0 saturated carbocycles. The van der Waals surface area contributed by atoms with Crippen molar-refractivity contribution in [3.63, 3.8) is 0 Å². The SMILES string of the molecule is CC(O)C(O)Nc1cc(N2CCc3ccccc3C2)nc2ccccc12. The van der Waals surface area contributed by atoms with Crippen LogP contribution in [0.5, 0.6) is 0 Å². The Kier molecular flexibility index (Phi) is 4.49. The number of fused-ring (bicyclic) bond motifs is 2. The highest BCUT2D eigenvalue weighted by Gasteiger charge is 2.19. The summed E-state index contributed by atoms with van der Waals surface area (Å²) in [6, 6.07) is 18.3. The van der Waals surface area contributed by atoms with Gasteiger partial charge in [0.1, 0.15) is 12.0 Å². The maximum Gasteiger partial charge on any atom is 0.150 e. The maximum absolute atomic E-state index is 10.1. The third-order valence-electron chi connectivity index (χ3n) is 4.92. The van der Waals surface area contributed by atoms with Crippen LogP contribution in [0.3, 0.4) is 0 Å². The summed E-state index contributed by atoms with van der Waals surface area (Å²) < 4.78 is 0. The molecule has 5 heteroatoms. The van der Waals surface area contributed by atoms with Gasteiger partial charge in [0.2, 0.25) is 0 Å². The molecule has 2 aromatic carbocycles. The van der Waals surface area contributed by atoms with Gasteiger partial charge in [-0.1, -0.05) is 42.5 Å². The zero-order valence-electron chi connectivity index (χ0n) is 14.8. The maximum atomic E-state index is 10.1. The quantitative estimate of drug-likeness (QED) is 0.632. The highest BCUT2D eigenvalue weighted by atomic mass is 16.3. The summed E-state index contributed by atoms with van der Waals surface area (Å²) in [5.74, 6) is 0.874. The smallest absolute Gasteiger partial charge is 0.150 e. The lowest BCUT2D eigenvalue weighted by atomic mass is 10.00. The van der Waals surface area contributed by atoms with E-state index in [1.165, 1.54) is 11.1 Å². The van der Waals surface area contributed by atoms with Crippen LogP contribution in [0.15, 0.2) is 54.6 Å². The number of nitrogens with one attached hydrogen (secondary N) is 1. The molecule has 26 heavy (non-hydrogen) atoms. The predicted octanol–water partition coefficient (Wildman–Crippen LogP) is 2.91. The molecule has 2 atom stereocenters. The van der Waals surface area contributed by atoms with Crippen LogP contribution in [0.1, 0.15) is 18.1 Å². The fraction of sp³-hybridized carbons (Fsp3) is 0.286. The highest BCUT2D eigenvalue weighted by Crippen LogP contribution is 2.30. The molecular weight excluding hydrogens is 326 g/mol. The molecule has 0 saturated heterocycles. The second-order valence-corrected chi connectivity index (χ2v) is 6.82. The predicted molar refractivity (Wildman–Crippen MR) is 104 cm³/mol.